The van der Waals surface area contributed by atoms with Gasteiger partial charge in [-0.25, -0.2) is 4.98 Å². The Morgan fingerprint density at radius 3 is 2.31 bits per heavy atom. The van der Waals surface area contributed by atoms with Crippen molar-refractivity contribution >= 4 is 27.8 Å². The zero-order valence-electron chi connectivity index (χ0n) is 16.9. The summed E-state index contributed by atoms with van der Waals surface area (Å²) in [5.74, 6) is 0. The molecule has 0 aliphatic heterocycles. The molecule has 0 bridgehead atoms. The SMILES string of the molecule is CCN(CC[N+](C)(C)C)c1ccc(N=Nc2nc(C)c(C)s2)c(C)c1.[Br-]. The Labute approximate surface area is 172 Å². The van der Waals surface area contributed by atoms with Crippen LogP contribution >= 0.6 is 11.3 Å². The van der Waals surface area contributed by atoms with Crippen molar-refractivity contribution in [3.8, 4) is 0 Å². The lowest BCUT2D eigenvalue weighted by Crippen LogP contribution is -3.00. The fourth-order valence-corrected chi connectivity index (χ4v) is 3.17. The highest BCUT2D eigenvalue weighted by molar-refractivity contribution is 7.15. The number of anilines is 1. The molecule has 1 aromatic carbocycles. The van der Waals surface area contributed by atoms with Crippen LogP contribution in [0, 0.1) is 20.8 Å². The van der Waals surface area contributed by atoms with Crippen molar-refractivity contribution in [1.82, 2.24) is 4.98 Å². The molecule has 0 N–H and O–H groups in total. The molecule has 0 aliphatic carbocycles. The van der Waals surface area contributed by atoms with Gasteiger partial charge in [0.05, 0.1) is 45.6 Å². The van der Waals surface area contributed by atoms with Crippen LogP contribution in [-0.2, 0) is 0 Å². The van der Waals surface area contributed by atoms with Crippen molar-refractivity contribution in [1.29, 1.82) is 0 Å². The van der Waals surface area contributed by atoms with E-state index in [-0.39, 0.29) is 17.0 Å². The van der Waals surface area contributed by atoms with Gasteiger partial charge in [-0.3, -0.25) is 0 Å². The van der Waals surface area contributed by atoms with Crippen LogP contribution in [-0.4, -0.2) is 50.2 Å². The van der Waals surface area contributed by atoms with E-state index in [0.29, 0.717) is 0 Å². The van der Waals surface area contributed by atoms with Gasteiger partial charge in [-0.2, -0.15) is 0 Å². The Kier molecular flexibility index (Phi) is 8.37. The Bertz CT molecular complexity index is 729. The number of hydrogen-bond acceptors (Lipinski definition) is 5. The van der Waals surface area contributed by atoms with Crippen LogP contribution in [0.15, 0.2) is 28.4 Å². The number of hydrogen-bond donors (Lipinski definition) is 0. The normalized spacial score (nSPS) is 11.7. The summed E-state index contributed by atoms with van der Waals surface area (Å²) in [7, 11) is 6.68. The molecule has 0 spiro atoms. The molecule has 1 aromatic heterocycles. The topological polar surface area (TPSA) is 40.9 Å². The van der Waals surface area contributed by atoms with Crippen molar-refractivity contribution in [3.05, 3.63) is 34.3 Å². The molecule has 0 saturated heterocycles. The average Bonchev–Trinajstić information content (AvgIpc) is 2.84. The van der Waals surface area contributed by atoms with Crippen molar-refractivity contribution in [2.45, 2.75) is 27.7 Å². The largest absolute Gasteiger partial charge is 1.00 e. The van der Waals surface area contributed by atoms with Gasteiger partial charge in [-0.1, -0.05) is 11.3 Å². The lowest BCUT2D eigenvalue weighted by atomic mass is 10.1. The van der Waals surface area contributed by atoms with Crippen LogP contribution in [0.1, 0.15) is 23.1 Å². The number of rotatable bonds is 7. The van der Waals surface area contributed by atoms with E-state index in [1.807, 2.05) is 6.92 Å². The number of aryl methyl sites for hydroxylation is 3. The molecule has 2 aromatic rings. The molecule has 0 amide bonds. The molecule has 0 unspecified atom stereocenters. The molecular formula is C19H30BrN5S. The predicted octanol–water partition coefficient (Wildman–Crippen LogP) is 2.02. The van der Waals surface area contributed by atoms with Gasteiger partial charge in [0.25, 0.3) is 0 Å². The summed E-state index contributed by atoms with van der Waals surface area (Å²) in [6.45, 7) is 11.5. The van der Waals surface area contributed by atoms with Crippen molar-refractivity contribution in [2.75, 3.05) is 45.7 Å². The smallest absolute Gasteiger partial charge is 0.230 e. The van der Waals surface area contributed by atoms with Crippen molar-refractivity contribution in [2.24, 2.45) is 10.2 Å². The Morgan fingerprint density at radius 1 is 1.12 bits per heavy atom. The number of quaternary nitrogens is 1. The third-order valence-corrected chi connectivity index (χ3v) is 5.19. The highest BCUT2D eigenvalue weighted by Gasteiger charge is 2.12. The minimum atomic E-state index is 0. The number of aromatic nitrogens is 1. The van der Waals surface area contributed by atoms with Gasteiger partial charge in [0.15, 0.2) is 0 Å². The van der Waals surface area contributed by atoms with Crippen LogP contribution in [0.4, 0.5) is 16.5 Å². The van der Waals surface area contributed by atoms with Crippen molar-refractivity contribution < 1.29 is 21.5 Å². The number of benzene rings is 1. The molecular weight excluding hydrogens is 410 g/mol. The first kappa shape index (κ1) is 22.7. The fraction of sp³-hybridized carbons (Fsp3) is 0.526. The van der Waals surface area contributed by atoms with E-state index < -0.39 is 0 Å². The molecule has 5 nitrogen and oxygen atoms in total. The van der Waals surface area contributed by atoms with E-state index in [9.17, 15) is 0 Å². The average molecular weight is 440 g/mol. The molecule has 0 radical (unpaired) electrons. The predicted molar refractivity (Wildman–Crippen MR) is 108 cm³/mol. The molecule has 26 heavy (non-hydrogen) atoms. The lowest BCUT2D eigenvalue weighted by molar-refractivity contribution is -0.868. The first-order valence-electron chi connectivity index (χ1n) is 8.71. The second kappa shape index (κ2) is 9.58. The monoisotopic (exact) mass is 439 g/mol. The van der Waals surface area contributed by atoms with Crippen LogP contribution < -0.4 is 21.9 Å². The Hall–Kier alpha value is -1.31. The summed E-state index contributed by atoms with van der Waals surface area (Å²) in [4.78, 5) is 8.01. The summed E-state index contributed by atoms with van der Waals surface area (Å²) in [6.07, 6.45) is 0. The van der Waals surface area contributed by atoms with Gasteiger partial charge in [0.2, 0.25) is 5.13 Å². The second-order valence-corrected chi connectivity index (χ2v) is 8.58. The van der Waals surface area contributed by atoms with Gasteiger partial charge < -0.3 is 26.4 Å². The molecule has 0 fully saturated rings. The van der Waals surface area contributed by atoms with E-state index in [0.717, 1.165) is 46.2 Å². The summed E-state index contributed by atoms with van der Waals surface area (Å²) in [5.41, 5.74) is 4.31. The zero-order valence-corrected chi connectivity index (χ0v) is 19.3. The minimum absolute atomic E-state index is 0. The maximum Gasteiger partial charge on any atom is 0.230 e. The van der Waals surface area contributed by atoms with Gasteiger partial charge in [-0.15, -0.1) is 10.2 Å². The Balaban J connectivity index is 0.00000338. The van der Waals surface area contributed by atoms with Gasteiger partial charge in [-0.05, 0) is 51.5 Å². The van der Waals surface area contributed by atoms with Crippen LogP contribution in [0.5, 0.6) is 0 Å². The van der Waals surface area contributed by atoms with Gasteiger partial charge >= 0.3 is 0 Å². The standard InChI is InChI=1S/C19H30N5S.BrH/c1-8-23(11-12-24(5,6)7)17-9-10-18(14(2)13-17)21-22-19-20-15(3)16(4)25-19;/h9-10,13H,8,11-12H2,1-7H3;1H/q+1;/p-1. The van der Waals surface area contributed by atoms with E-state index in [2.05, 4.69) is 80.2 Å². The van der Waals surface area contributed by atoms with E-state index in [1.165, 1.54) is 10.6 Å². The lowest BCUT2D eigenvalue weighted by Gasteiger charge is -2.29. The highest BCUT2D eigenvalue weighted by Crippen LogP contribution is 2.29. The second-order valence-electron chi connectivity index (χ2n) is 7.40. The summed E-state index contributed by atoms with van der Waals surface area (Å²) < 4.78 is 0.967. The van der Waals surface area contributed by atoms with Gasteiger partial charge in [0.1, 0.15) is 0 Å². The number of likely N-dealkylation sites (N-methyl/N-ethyl adjacent to an activating group) is 2. The number of azo groups is 1. The molecule has 7 heteroatoms. The van der Waals surface area contributed by atoms with E-state index in [1.54, 1.807) is 11.3 Å². The number of thiazole rings is 1. The third-order valence-electron chi connectivity index (χ3n) is 4.23. The highest BCUT2D eigenvalue weighted by atomic mass is 79.9. The zero-order chi connectivity index (χ0) is 18.6. The van der Waals surface area contributed by atoms with Crippen LogP contribution in [0.3, 0.4) is 0 Å². The molecule has 0 saturated carbocycles. The summed E-state index contributed by atoms with van der Waals surface area (Å²) >= 11 is 1.58. The van der Waals surface area contributed by atoms with Crippen molar-refractivity contribution in [3.63, 3.8) is 0 Å². The maximum atomic E-state index is 4.41. The first-order valence-corrected chi connectivity index (χ1v) is 9.53. The molecule has 144 valence electrons. The summed E-state index contributed by atoms with van der Waals surface area (Å²) in [5, 5.41) is 9.41. The van der Waals surface area contributed by atoms with Crippen LogP contribution in [0.2, 0.25) is 0 Å². The van der Waals surface area contributed by atoms with Gasteiger partial charge in [0, 0.05) is 17.1 Å². The third kappa shape index (κ3) is 6.45. The quantitative estimate of drug-likeness (QED) is 0.488. The van der Waals surface area contributed by atoms with E-state index >= 15 is 0 Å². The van der Waals surface area contributed by atoms with Crippen LogP contribution in [0.25, 0.3) is 0 Å². The first-order chi connectivity index (χ1) is 11.7. The Morgan fingerprint density at radius 2 is 1.81 bits per heavy atom. The minimum Gasteiger partial charge on any atom is -1.00 e. The summed E-state index contributed by atoms with van der Waals surface area (Å²) in [6, 6.07) is 6.39. The number of halogens is 1. The fourth-order valence-electron chi connectivity index (χ4n) is 2.43. The molecule has 0 aliphatic rings. The molecule has 2 rings (SSSR count). The maximum absolute atomic E-state index is 4.41. The number of nitrogens with zero attached hydrogens (tertiary/aromatic N) is 5. The van der Waals surface area contributed by atoms with E-state index in [4.69, 9.17) is 0 Å². The molecule has 1 heterocycles. The molecule has 0 atom stereocenters.